The number of aliphatic hydroxyl groups is 1. The monoisotopic (exact) mass is 779 g/mol. The van der Waals surface area contributed by atoms with Gasteiger partial charge in [-0.1, -0.05) is 65.5 Å². The molecule has 2 amide bonds. The highest BCUT2D eigenvalue weighted by atomic mass is 16.6. The number of nitrogens with one attached hydrogen (secondary N) is 2. The Morgan fingerprint density at radius 1 is 0.800 bits per heavy atom. The number of allylic oxidation sites excluding steroid dienone is 1. The van der Waals surface area contributed by atoms with Crippen LogP contribution in [0.15, 0.2) is 11.6 Å². The standard InChI is InChI=1S/C44H78N2O9/c1-32(2)8-7-9-33(3)38-12-13-39-37-11-10-35-30-36(14-17-43(35,5)40(37)15-18-44(38,39)6)55-42(49)46-19-22-51-25-27-53-29-28-52-26-24-50-21-16-41(48)45-20-23-54-34(4)31-47/h10,32-34,36-40,47H,7-9,11-31H2,1-6H3,(H,45,48)(H,46,49)/t33-,34?,36+,37?,38?,39?,40?,43+,44-/m1/s1. The first-order valence-electron chi connectivity index (χ1n) is 21.9. The number of alkyl carbamates (subject to hydrolysis) is 1. The van der Waals surface area contributed by atoms with E-state index in [1.54, 1.807) is 12.5 Å². The van der Waals surface area contributed by atoms with Crippen molar-refractivity contribution in [1.29, 1.82) is 0 Å². The van der Waals surface area contributed by atoms with Gasteiger partial charge in [-0.05, 0) is 98.2 Å². The van der Waals surface area contributed by atoms with Crippen molar-refractivity contribution < 1.29 is 43.1 Å². The molecule has 55 heavy (non-hydrogen) atoms. The third-order valence-electron chi connectivity index (χ3n) is 13.7. The van der Waals surface area contributed by atoms with Gasteiger partial charge in [0.15, 0.2) is 0 Å². The summed E-state index contributed by atoms with van der Waals surface area (Å²) in [5, 5.41) is 14.5. The summed E-state index contributed by atoms with van der Waals surface area (Å²) in [7, 11) is 0. The molecular formula is C44H78N2O9. The largest absolute Gasteiger partial charge is 0.446 e. The van der Waals surface area contributed by atoms with Crippen molar-refractivity contribution in [3.63, 3.8) is 0 Å². The van der Waals surface area contributed by atoms with Crippen LogP contribution in [0.25, 0.3) is 0 Å². The number of carbonyl (C=O) groups excluding carboxylic acids is 2. The van der Waals surface area contributed by atoms with Crippen LogP contribution in [-0.2, 0) is 33.2 Å². The lowest BCUT2D eigenvalue weighted by atomic mass is 9.47. The number of fused-ring (bicyclic) bond motifs is 5. The zero-order chi connectivity index (χ0) is 39.7. The first kappa shape index (κ1) is 45.9. The third-order valence-corrected chi connectivity index (χ3v) is 13.7. The van der Waals surface area contributed by atoms with Gasteiger partial charge < -0.3 is 44.2 Å². The predicted molar refractivity (Wildman–Crippen MR) is 215 cm³/mol. The average Bonchev–Trinajstić information content (AvgIpc) is 3.52. The SMILES string of the molecule is CC(C)CCC[C@@H](C)C1CCC2C3CC=C4C[C@@H](OC(=O)NCCOCCOCCOCCOCCC(=O)NCCOC(C)CO)CC[C@]4(C)C3CC[C@@]21C. The molecule has 0 bridgehead atoms. The second-order valence-corrected chi connectivity index (χ2v) is 17.9. The topological polar surface area (TPSA) is 134 Å². The van der Waals surface area contributed by atoms with Crippen LogP contribution in [0.2, 0.25) is 0 Å². The first-order valence-corrected chi connectivity index (χ1v) is 21.9. The van der Waals surface area contributed by atoms with Gasteiger partial charge in [-0.15, -0.1) is 0 Å². The second kappa shape index (κ2) is 23.6. The van der Waals surface area contributed by atoms with E-state index in [0.29, 0.717) is 78.0 Å². The number of ether oxygens (including phenoxy) is 6. The minimum absolute atomic E-state index is 0.0400. The number of carbonyl (C=O) groups is 2. The maximum absolute atomic E-state index is 12.7. The lowest BCUT2D eigenvalue weighted by Crippen LogP contribution is -2.51. The Kier molecular flexibility index (Phi) is 19.7. The first-order chi connectivity index (χ1) is 26.5. The molecule has 4 aliphatic carbocycles. The number of hydrogen-bond acceptors (Lipinski definition) is 9. The lowest BCUT2D eigenvalue weighted by Gasteiger charge is -2.58. The highest BCUT2D eigenvalue weighted by Gasteiger charge is 2.59. The van der Waals surface area contributed by atoms with Crippen LogP contribution >= 0.6 is 0 Å². The van der Waals surface area contributed by atoms with Gasteiger partial charge in [0.2, 0.25) is 5.91 Å². The normalized spacial score (nSPS) is 29.8. The van der Waals surface area contributed by atoms with E-state index >= 15 is 0 Å². The zero-order valence-electron chi connectivity index (χ0n) is 35.4. The molecule has 0 heterocycles. The van der Waals surface area contributed by atoms with Crippen molar-refractivity contribution in [3.8, 4) is 0 Å². The van der Waals surface area contributed by atoms with Crippen molar-refractivity contribution in [2.45, 2.75) is 131 Å². The molecule has 0 radical (unpaired) electrons. The maximum atomic E-state index is 12.7. The lowest BCUT2D eigenvalue weighted by molar-refractivity contribution is -0.122. The highest BCUT2D eigenvalue weighted by Crippen LogP contribution is 2.67. The van der Waals surface area contributed by atoms with Crippen molar-refractivity contribution >= 4 is 12.0 Å². The van der Waals surface area contributed by atoms with Crippen molar-refractivity contribution in [3.05, 3.63) is 11.6 Å². The summed E-state index contributed by atoms with van der Waals surface area (Å²) in [5.41, 5.74) is 2.30. The Hall–Kier alpha value is -1.76. The van der Waals surface area contributed by atoms with Crippen molar-refractivity contribution in [2.75, 3.05) is 79.2 Å². The summed E-state index contributed by atoms with van der Waals surface area (Å²) in [4.78, 5) is 24.4. The molecule has 5 unspecified atom stereocenters. The van der Waals surface area contributed by atoms with Crippen LogP contribution in [0.1, 0.15) is 119 Å². The molecule has 0 aromatic rings. The number of amides is 2. The van der Waals surface area contributed by atoms with E-state index in [4.69, 9.17) is 33.5 Å². The molecule has 4 aliphatic rings. The molecule has 3 fully saturated rings. The molecule has 0 aromatic heterocycles. The predicted octanol–water partition coefficient (Wildman–Crippen LogP) is 7.09. The average molecular weight is 779 g/mol. The Bertz CT molecular complexity index is 1170. The van der Waals surface area contributed by atoms with Crippen LogP contribution in [-0.4, -0.2) is 108 Å². The van der Waals surface area contributed by atoms with Gasteiger partial charge in [0.05, 0.1) is 72.2 Å². The molecule has 11 heteroatoms. The fourth-order valence-electron chi connectivity index (χ4n) is 10.7. The van der Waals surface area contributed by atoms with Gasteiger partial charge in [0.1, 0.15) is 6.10 Å². The molecule has 3 N–H and O–H groups in total. The Morgan fingerprint density at radius 3 is 2.16 bits per heavy atom. The summed E-state index contributed by atoms with van der Waals surface area (Å²) in [6, 6.07) is 0. The fraction of sp³-hybridized carbons (Fsp3) is 0.909. The van der Waals surface area contributed by atoms with Crippen LogP contribution in [0, 0.1) is 46.3 Å². The minimum Gasteiger partial charge on any atom is -0.446 e. The molecule has 4 rings (SSSR count). The van der Waals surface area contributed by atoms with E-state index in [1.165, 1.54) is 51.4 Å². The van der Waals surface area contributed by atoms with Crippen molar-refractivity contribution in [1.82, 2.24) is 10.6 Å². The summed E-state index contributed by atoms with van der Waals surface area (Å²) >= 11 is 0. The molecule has 0 aromatic carbocycles. The van der Waals surface area contributed by atoms with E-state index in [-0.39, 0.29) is 42.7 Å². The summed E-state index contributed by atoms with van der Waals surface area (Å²) in [6.45, 7) is 18.7. The van der Waals surface area contributed by atoms with Gasteiger partial charge >= 0.3 is 6.09 Å². The van der Waals surface area contributed by atoms with Gasteiger partial charge in [-0.3, -0.25) is 4.79 Å². The van der Waals surface area contributed by atoms with Gasteiger partial charge in [-0.2, -0.15) is 0 Å². The van der Waals surface area contributed by atoms with Crippen LogP contribution in [0.3, 0.4) is 0 Å². The Morgan fingerprint density at radius 2 is 1.47 bits per heavy atom. The molecule has 11 nitrogen and oxygen atoms in total. The van der Waals surface area contributed by atoms with Gasteiger partial charge in [-0.25, -0.2) is 4.79 Å². The second-order valence-electron chi connectivity index (χ2n) is 17.9. The molecule has 3 saturated carbocycles. The Labute approximate surface area is 333 Å². The maximum Gasteiger partial charge on any atom is 0.407 e. The molecular weight excluding hydrogens is 700 g/mol. The molecule has 0 saturated heterocycles. The Balaban J connectivity index is 0.998. The van der Waals surface area contributed by atoms with E-state index in [0.717, 1.165) is 54.8 Å². The van der Waals surface area contributed by atoms with Gasteiger partial charge in [0.25, 0.3) is 0 Å². The zero-order valence-corrected chi connectivity index (χ0v) is 35.4. The van der Waals surface area contributed by atoms with E-state index in [2.05, 4.69) is 51.3 Å². The highest BCUT2D eigenvalue weighted by molar-refractivity contribution is 5.75. The number of hydrogen-bond donors (Lipinski definition) is 3. The molecule has 9 atom stereocenters. The molecule has 0 aliphatic heterocycles. The molecule has 318 valence electrons. The van der Waals surface area contributed by atoms with Crippen LogP contribution < -0.4 is 10.6 Å². The fourth-order valence-corrected chi connectivity index (χ4v) is 10.7. The van der Waals surface area contributed by atoms with Crippen LogP contribution in [0.4, 0.5) is 4.79 Å². The van der Waals surface area contributed by atoms with E-state index in [1.807, 2.05) is 0 Å². The van der Waals surface area contributed by atoms with Gasteiger partial charge in [0, 0.05) is 25.9 Å². The molecule has 0 spiro atoms. The number of rotatable bonds is 26. The summed E-state index contributed by atoms with van der Waals surface area (Å²) in [6.07, 6.45) is 16.1. The summed E-state index contributed by atoms with van der Waals surface area (Å²) < 4.78 is 33.3. The third kappa shape index (κ3) is 13.9. The van der Waals surface area contributed by atoms with Crippen molar-refractivity contribution in [2.24, 2.45) is 46.3 Å². The summed E-state index contributed by atoms with van der Waals surface area (Å²) in [5.74, 6) is 4.86. The number of aliphatic hydroxyl groups excluding tert-OH is 1. The minimum atomic E-state index is -0.352. The van der Waals surface area contributed by atoms with Crippen LogP contribution in [0.5, 0.6) is 0 Å². The van der Waals surface area contributed by atoms with E-state index < -0.39 is 0 Å². The van der Waals surface area contributed by atoms with E-state index in [9.17, 15) is 9.59 Å². The quantitative estimate of drug-likeness (QED) is 0.0622. The smallest absolute Gasteiger partial charge is 0.407 e.